The van der Waals surface area contributed by atoms with Gasteiger partial charge in [0.2, 0.25) is 0 Å². The molecule has 0 aromatic heterocycles. The molecule has 1 rings (SSSR count). The summed E-state index contributed by atoms with van der Waals surface area (Å²) in [6.45, 7) is 3.92. The summed E-state index contributed by atoms with van der Waals surface area (Å²) in [5.74, 6) is -0.641. The Morgan fingerprint density at radius 2 is 2.28 bits per heavy atom. The van der Waals surface area contributed by atoms with Gasteiger partial charge in [0.05, 0.1) is 6.61 Å². The number of ether oxygens (including phenoxy) is 1. The number of hydrogen-bond acceptors (Lipinski definition) is 3. The van der Waals surface area contributed by atoms with Gasteiger partial charge >= 0.3 is 12.0 Å². The summed E-state index contributed by atoms with van der Waals surface area (Å²) in [6, 6.07) is -1.21. The van der Waals surface area contributed by atoms with Crippen molar-refractivity contribution in [2.45, 2.75) is 38.6 Å². The van der Waals surface area contributed by atoms with Gasteiger partial charge < -0.3 is 20.5 Å². The van der Waals surface area contributed by atoms with Crippen LogP contribution in [0.25, 0.3) is 0 Å². The summed E-state index contributed by atoms with van der Waals surface area (Å²) in [5.41, 5.74) is 0. The van der Waals surface area contributed by atoms with Crippen LogP contribution in [0.2, 0.25) is 0 Å². The summed E-state index contributed by atoms with van der Waals surface area (Å²) in [5, 5.41) is 14.1. The molecule has 0 bridgehead atoms. The lowest BCUT2D eigenvalue weighted by atomic mass is 10.1. The number of aliphatic carboxylic acids is 1. The van der Waals surface area contributed by atoms with Crippen molar-refractivity contribution in [3.05, 3.63) is 0 Å². The summed E-state index contributed by atoms with van der Waals surface area (Å²) in [6.07, 6.45) is 3.10. The lowest BCUT2D eigenvalue weighted by molar-refractivity contribution is -0.139. The maximum atomic E-state index is 11.6. The molecule has 1 heterocycles. The van der Waals surface area contributed by atoms with Crippen LogP contribution in [0.5, 0.6) is 0 Å². The van der Waals surface area contributed by atoms with Gasteiger partial charge in [-0.25, -0.2) is 9.59 Å². The molecule has 3 N–H and O–H groups in total. The zero-order chi connectivity index (χ0) is 13.4. The van der Waals surface area contributed by atoms with Crippen LogP contribution in [-0.4, -0.2) is 42.9 Å². The van der Waals surface area contributed by atoms with Crippen LogP contribution in [0.15, 0.2) is 0 Å². The number of carbonyl (C=O) groups excluding carboxylic acids is 1. The van der Waals surface area contributed by atoms with E-state index in [4.69, 9.17) is 9.84 Å². The first kappa shape index (κ1) is 14.8. The third-order valence-corrected chi connectivity index (χ3v) is 3.03. The van der Waals surface area contributed by atoms with Crippen LogP contribution >= 0.6 is 0 Å². The summed E-state index contributed by atoms with van der Waals surface area (Å²) >= 11 is 0. The predicted octanol–water partition coefficient (Wildman–Crippen LogP) is 0.965. The number of amides is 2. The van der Waals surface area contributed by atoms with Crippen LogP contribution in [0, 0.1) is 5.92 Å². The molecule has 0 radical (unpaired) electrons. The van der Waals surface area contributed by atoms with Crippen molar-refractivity contribution in [2.75, 3.05) is 19.8 Å². The van der Waals surface area contributed by atoms with E-state index in [1.807, 2.05) is 6.92 Å². The van der Waals surface area contributed by atoms with Crippen LogP contribution < -0.4 is 10.6 Å². The zero-order valence-corrected chi connectivity index (χ0v) is 10.8. The molecule has 0 saturated carbocycles. The number of hydrogen-bond donors (Lipinski definition) is 3. The Balaban J connectivity index is 2.24. The third kappa shape index (κ3) is 5.35. The van der Waals surface area contributed by atoms with Crippen LogP contribution in [0.4, 0.5) is 4.79 Å². The molecular weight excluding hydrogens is 236 g/mol. The molecule has 104 valence electrons. The number of urea groups is 1. The standard InChI is InChI=1S/C12H22N2O4/c1-2-3-4-10(11(15)16)14-12(17)13-7-9-5-6-18-8-9/h9-10H,2-8H2,1H3,(H,15,16)(H2,13,14,17). The topological polar surface area (TPSA) is 87.7 Å². The first-order valence-corrected chi connectivity index (χ1v) is 6.48. The van der Waals surface area contributed by atoms with Gasteiger partial charge in [-0.05, 0) is 12.8 Å². The van der Waals surface area contributed by atoms with Crippen molar-refractivity contribution in [1.29, 1.82) is 0 Å². The smallest absolute Gasteiger partial charge is 0.326 e. The predicted molar refractivity (Wildman–Crippen MR) is 66.4 cm³/mol. The minimum absolute atomic E-state index is 0.342. The van der Waals surface area contributed by atoms with Crippen molar-refractivity contribution in [3.8, 4) is 0 Å². The van der Waals surface area contributed by atoms with Crippen molar-refractivity contribution in [2.24, 2.45) is 5.92 Å². The second kappa shape index (κ2) is 7.92. The molecule has 18 heavy (non-hydrogen) atoms. The molecule has 1 aliphatic rings. The minimum atomic E-state index is -0.984. The molecule has 0 aromatic carbocycles. The maximum absolute atomic E-state index is 11.6. The lowest BCUT2D eigenvalue weighted by Gasteiger charge is -2.16. The highest BCUT2D eigenvalue weighted by Gasteiger charge is 2.20. The molecule has 2 atom stereocenters. The second-order valence-electron chi connectivity index (χ2n) is 4.62. The lowest BCUT2D eigenvalue weighted by Crippen LogP contribution is -2.47. The average Bonchev–Trinajstić information content (AvgIpc) is 2.84. The van der Waals surface area contributed by atoms with Gasteiger partial charge in [0.25, 0.3) is 0 Å². The number of carboxylic acid groups (broad SMARTS) is 1. The fraction of sp³-hybridized carbons (Fsp3) is 0.833. The van der Waals surface area contributed by atoms with E-state index in [9.17, 15) is 9.59 Å². The minimum Gasteiger partial charge on any atom is -0.480 e. The van der Waals surface area contributed by atoms with E-state index < -0.39 is 18.0 Å². The molecule has 1 fully saturated rings. The number of unbranched alkanes of at least 4 members (excludes halogenated alkanes) is 1. The largest absolute Gasteiger partial charge is 0.480 e. The van der Waals surface area contributed by atoms with Gasteiger partial charge in [0.15, 0.2) is 0 Å². The summed E-state index contributed by atoms with van der Waals surface area (Å²) < 4.78 is 5.20. The van der Waals surface area contributed by atoms with Gasteiger partial charge in [-0.15, -0.1) is 0 Å². The molecule has 0 aliphatic carbocycles. The molecule has 0 aromatic rings. The van der Waals surface area contributed by atoms with E-state index in [-0.39, 0.29) is 0 Å². The SMILES string of the molecule is CCCCC(NC(=O)NCC1CCOC1)C(=O)O. The Morgan fingerprint density at radius 3 is 2.83 bits per heavy atom. The fourth-order valence-electron chi connectivity index (χ4n) is 1.86. The normalized spacial score (nSPS) is 20.4. The number of carbonyl (C=O) groups is 2. The summed E-state index contributed by atoms with van der Waals surface area (Å²) in [4.78, 5) is 22.5. The Hall–Kier alpha value is -1.30. The maximum Gasteiger partial charge on any atom is 0.326 e. The highest BCUT2D eigenvalue weighted by Crippen LogP contribution is 2.10. The van der Waals surface area contributed by atoms with Gasteiger partial charge in [-0.2, -0.15) is 0 Å². The Morgan fingerprint density at radius 1 is 1.50 bits per heavy atom. The van der Waals surface area contributed by atoms with Crippen molar-refractivity contribution >= 4 is 12.0 Å². The molecule has 1 aliphatic heterocycles. The number of rotatable bonds is 7. The highest BCUT2D eigenvalue weighted by molar-refractivity contribution is 5.82. The summed E-state index contributed by atoms with van der Waals surface area (Å²) in [7, 11) is 0. The van der Waals surface area contributed by atoms with E-state index in [0.717, 1.165) is 25.9 Å². The molecular formula is C12H22N2O4. The van der Waals surface area contributed by atoms with E-state index in [1.54, 1.807) is 0 Å². The van der Waals surface area contributed by atoms with E-state index in [2.05, 4.69) is 10.6 Å². The average molecular weight is 258 g/mol. The first-order chi connectivity index (χ1) is 8.63. The Labute approximate surface area is 107 Å². The highest BCUT2D eigenvalue weighted by atomic mass is 16.5. The molecule has 1 saturated heterocycles. The molecule has 2 amide bonds. The van der Waals surface area contributed by atoms with Crippen LogP contribution in [0.3, 0.4) is 0 Å². The molecule has 2 unspecified atom stereocenters. The van der Waals surface area contributed by atoms with E-state index in [0.29, 0.717) is 25.5 Å². The first-order valence-electron chi connectivity index (χ1n) is 6.48. The van der Waals surface area contributed by atoms with Gasteiger partial charge in [0, 0.05) is 19.1 Å². The van der Waals surface area contributed by atoms with E-state index >= 15 is 0 Å². The molecule has 6 nitrogen and oxygen atoms in total. The van der Waals surface area contributed by atoms with Gasteiger partial charge in [-0.1, -0.05) is 19.8 Å². The van der Waals surface area contributed by atoms with Crippen molar-refractivity contribution in [3.63, 3.8) is 0 Å². The Kier molecular flexibility index (Phi) is 6.49. The molecule has 0 spiro atoms. The number of carboxylic acids is 1. The van der Waals surface area contributed by atoms with Crippen LogP contribution in [0.1, 0.15) is 32.6 Å². The quantitative estimate of drug-likeness (QED) is 0.635. The van der Waals surface area contributed by atoms with Gasteiger partial charge in [-0.3, -0.25) is 0 Å². The monoisotopic (exact) mass is 258 g/mol. The third-order valence-electron chi connectivity index (χ3n) is 3.03. The number of nitrogens with one attached hydrogen (secondary N) is 2. The van der Waals surface area contributed by atoms with Crippen LogP contribution in [-0.2, 0) is 9.53 Å². The Bertz CT molecular complexity index is 277. The second-order valence-corrected chi connectivity index (χ2v) is 4.62. The van der Waals surface area contributed by atoms with Gasteiger partial charge in [0.1, 0.15) is 6.04 Å². The molecule has 6 heteroatoms. The van der Waals surface area contributed by atoms with E-state index in [1.165, 1.54) is 0 Å². The van der Waals surface area contributed by atoms with Crippen molar-refractivity contribution < 1.29 is 19.4 Å². The zero-order valence-electron chi connectivity index (χ0n) is 10.8. The fourth-order valence-corrected chi connectivity index (χ4v) is 1.86. The van der Waals surface area contributed by atoms with Crippen molar-refractivity contribution in [1.82, 2.24) is 10.6 Å².